The second-order valence-corrected chi connectivity index (χ2v) is 13.0. The Morgan fingerprint density at radius 2 is 1.17 bits per heavy atom. The number of hydrogen-bond acceptors (Lipinski definition) is 5. The van der Waals surface area contributed by atoms with Gasteiger partial charge in [0.15, 0.2) is 0 Å². The van der Waals surface area contributed by atoms with Crippen LogP contribution >= 0.6 is 0 Å². The highest BCUT2D eigenvalue weighted by molar-refractivity contribution is 5.83. The third kappa shape index (κ3) is 31.9. The number of amides is 1. The summed E-state index contributed by atoms with van der Waals surface area (Å²) in [6.07, 6.45) is 41.7. The van der Waals surface area contributed by atoms with Gasteiger partial charge in [0, 0.05) is 12.8 Å². The van der Waals surface area contributed by atoms with Crippen LogP contribution in [-0.2, 0) is 19.1 Å². The quantitative estimate of drug-likeness (QED) is 0.0356. The van der Waals surface area contributed by atoms with Crippen molar-refractivity contribution < 1.29 is 24.2 Å². The maximum Gasteiger partial charge on any atom is 0.326 e. The molecule has 0 aliphatic rings. The molecule has 0 radical (unpaired) electrons. The first kappa shape index (κ1) is 45.3. The zero-order valence-electron chi connectivity index (χ0n) is 30.8. The van der Waals surface area contributed by atoms with Crippen molar-refractivity contribution in [2.24, 2.45) is 5.73 Å². The smallest absolute Gasteiger partial charge is 0.326 e. The number of rotatable bonds is 34. The van der Waals surface area contributed by atoms with Crippen LogP contribution in [0.15, 0.2) is 48.6 Å². The second kappa shape index (κ2) is 35.6. The van der Waals surface area contributed by atoms with Gasteiger partial charge >= 0.3 is 11.9 Å². The summed E-state index contributed by atoms with van der Waals surface area (Å²) in [4.78, 5) is 36.2. The zero-order valence-corrected chi connectivity index (χ0v) is 30.8. The summed E-state index contributed by atoms with van der Waals surface area (Å²) in [6, 6.07) is -0.876. The third-order valence-corrected chi connectivity index (χ3v) is 8.35. The van der Waals surface area contributed by atoms with E-state index in [0.29, 0.717) is 38.6 Å². The molecule has 2 unspecified atom stereocenters. The number of nitrogens with one attached hydrogen (secondary N) is 1. The van der Waals surface area contributed by atoms with Gasteiger partial charge in [0.05, 0.1) is 0 Å². The summed E-state index contributed by atoms with van der Waals surface area (Å²) in [6.45, 7) is 4.84. The molecule has 48 heavy (non-hydrogen) atoms. The number of carbonyl (C=O) groups excluding carboxylic acids is 2. The molecule has 276 valence electrons. The van der Waals surface area contributed by atoms with E-state index in [2.05, 4.69) is 61.7 Å². The molecular weight excluding hydrogens is 600 g/mol. The van der Waals surface area contributed by atoms with Crippen molar-refractivity contribution in [2.45, 2.75) is 187 Å². The van der Waals surface area contributed by atoms with E-state index in [1.807, 2.05) is 6.08 Å². The van der Waals surface area contributed by atoms with Gasteiger partial charge in [-0.2, -0.15) is 0 Å². The molecule has 0 rings (SSSR count). The molecule has 2 atom stereocenters. The molecule has 1 amide bonds. The average molecular weight is 673 g/mol. The van der Waals surface area contributed by atoms with Crippen LogP contribution in [-0.4, -0.2) is 41.6 Å². The lowest BCUT2D eigenvalue weighted by atomic mass is 10.1. The maximum absolute atomic E-state index is 12.6. The lowest BCUT2D eigenvalue weighted by Crippen LogP contribution is -2.40. The molecule has 0 spiro atoms. The summed E-state index contributed by atoms with van der Waals surface area (Å²) >= 11 is 0. The molecule has 0 aliphatic carbocycles. The van der Waals surface area contributed by atoms with Crippen LogP contribution in [0.4, 0.5) is 0 Å². The molecule has 0 aromatic rings. The summed E-state index contributed by atoms with van der Waals surface area (Å²) in [5.74, 6) is -1.37. The number of carboxylic acid groups (broad SMARTS) is 1. The molecule has 4 N–H and O–H groups in total. The maximum atomic E-state index is 12.6. The normalized spacial score (nSPS) is 13.2. The van der Waals surface area contributed by atoms with Crippen LogP contribution in [0.25, 0.3) is 0 Å². The van der Waals surface area contributed by atoms with Gasteiger partial charge in [-0.25, -0.2) is 4.79 Å². The molecule has 7 heteroatoms. The third-order valence-electron chi connectivity index (χ3n) is 8.35. The van der Waals surface area contributed by atoms with Gasteiger partial charge < -0.3 is 20.9 Å². The fraction of sp³-hybridized carbons (Fsp3) is 0.732. The molecule has 0 aromatic carbocycles. The van der Waals surface area contributed by atoms with Crippen molar-refractivity contribution >= 4 is 17.8 Å². The van der Waals surface area contributed by atoms with Gasteiger partial charge in [0.25, 0.3) is 0 Å². The molecule has 0 bridgehead atoms. The highest BCUT2D eigenvalue weighted by atomic mass is 16.5. The van der Waals surface area contributed by atoms with Gasteiger partial charge in [0.2, 0.25) is 5.91 Å². The van der Waals surface area contributed by atoms with E-state index >= 15 is 0 Å². The Morgan fingerprint density at radius 1 is 0.625 bits per heavy atom. The predicted octanol–water partition coefficient (Wildman–Crippen LogP) is 10.4. The summed E-state index contributed by atoms with van der Waals surface area (Å²) in [5.41, 5.74) is 5.47. The minimum absolute atomic E-state index is 0.121. The molecule has 0 fully saturated rings. The number of esters is 1. The minimum atomic E-state index is -1.02. The van der Waals surface area contributed by atoms with Crippen LogP contribution in [0.2, 0.25) is 0 Å². The van der Waals surface area contributed by atoms with Crippen molar-refractivity contribution in [1.82, 2.24) is 5.32 Å². The number of nitrogens with two attached hydrogens (primary N) is 1. The molecule has 0 saturated carbocycles. The molecule has 7 nitrogen and oxygen atoms in total. The van der Waals surface area contributed by atoms with Gasteiger partial charge in [-0.15, -0.1) is 0 Å². The van der Waals surface area contributed by atoms with Crippen LogP contribution in [0, 0.1) is 0 Å². The van der Waals surface area contributed by atoms with E-state index in [0.717, 1.165) is 70.6 Å². The molecule has 0 heterocycles. The number of unbranched alkanes of at least 4 members (excludes halogenated alkanes) is 14. The lowest BCUT2D eigenvalue weighted by Gasteiger charge is -2.15. The number of allylic oxidation sites excluding steroid dienone is 7. The molecule has 0 aromatic heterocycles. The minimum Gasteiger partial charge on any atom is -0.480 e. The second-order valence-electron chi connectivity index (χ2n) is 13.0. The van der Waals surface area contributed by atoms with Crippen molar-refractivity contribution in [2.75, 3.05) is 6.54 Å². The standard InChI is InChI=1S/C41H72N2O5/c1-3-5-7-9-11-12-13-14-15-16-17-18-19-21-23-29-35-40(45)48-37(31-26-22-20-10-8-6-4-2)32-27-24-25-28-34-39(44)43-38(41(46)47)33-30-36-42/h10,12-13,15-16,20,26,31,37-38H,3-9,11,14,17-19,21-25,27-30,32-36,42H2,1-2H3,(H,43,44)(H,46,47)/b13-12-,16-15-,20-10-,31-26-. The Hall–Kier alpha value is -2.67. The van der Waals surface area contributed by atoms with Crippen LogP contribution in [0.5, 0.6) is 0 Å². The first-order valence-corrected chi connectivity index (χ1v) is 19.5. The van der Waals surface area contributed by atoms with Crippen LogP contribution in [0.3, 0.4) is 0 Å². The highest BCUT2D eigenvalue weighted by Crippen LogP contribution is 2.14. The summed E-state index contributed by atoms with van der Waals surface area (Å²) in [5, 5.41) is 11.9. The Labute approximate surface area is 294 Å². The van der Waals surface area contributed by atoms with Gasteiger partial charge in [-0.3, -0.25) is 9.59 Å². The largest absolute Gasteiger partial charge is 0.480 e. The fourth-order valence-corrected chi connectivity index (χ4v) is 5.36. The topological polar surface area (TPSA) is 119 Å². The van der Waals surface area contributed by atoms with E-state index in [-0.39, 0.29) is 18.0 Å². The number of ether oxygens (including phenoxy) is 1. The van der Waals surface area contributed by atoms with Gasteiger partial charge in [-0.05, 0) is 96.1 Å². The molecular formula is C41H72N2O5. The first-order valence-electron chi connectivity index (χ1n) is 19.5. The monoisotopic (exact) mass is 673 g/mol. The Kier molecular flexibility index (Phi) is 33.7. The molecule has 0 saturated heterocycles. The Balaban J connectivity index is 4.31. The predicted molar refractivity (Wildman–Crippen MR) is 202 cm³/mol. The van der Waals surface area contributed by atoms with Crippen LogP contribution < -0.4 is 11.1 Å². The number of aliphatic carboxylic acids is 1. The Morgan fingerprint density at radius 3 is 1.79 bits per heavy atom. The van der Waals surface area contributed by atoms with Gasteiger partial charge in [-0.1, -0.05) is 121 Å². The number of carboxylic acids is 1. The SMILES string of the molecule is CCCC/C=C\C/C=C\C(CCCCCCC(=O)NC(CCCN)C(=O)O)OC(=O)CCCCCCC/C=C\C/C=C\CCCCCC. The molecule has 0 aliphatic heterocycles. The van der Waals surface area contributed by atoms with E-state index in [1.165, 1.54) is 57.8 Å². The van der Waals surface area contributed by atoms with Crippen molar-refractivity contribution in [1.29, 1.82) is 0 Å². The van der Waals surface area contributed by atoms with Gasteiger partial charge in [0.1, 0.15) is 12.1 Å². The first-order chi connectivity index (χ1) is 23.4. The Bertz CT molecular complexity index is 895. The lowest BCUT2D eigenvalue weighted by molar-refractivity contribution is -0.147. The highest BCUT2D eigenvalue weighted by Gasteiger charge is 2.19. The van der Waals surface area contributed by atoms with E-state index in [9.17, 15) is 19.5 Å². The summed E-state index contributed by atoms with van der Waals surface area (Å²) < 4.78 is 5.87. The van der Waals surface area contributed by atoms with Crippen molar-refractivity contribution in [3.8, 4) is 0 Å². The van der Waals surface area contributed by atoms with E-state index in [4.69, 9.17) is 10.5 Å². The zero-order chi connectivity index (χ0) is 35.3. The van der Waals surface area contributed by atoms with Crippen molar-refractivity contribution in [3.05, 3.63) is 48.6 Å². The van der Waals surface area contributed by atoms with Crippen molar-refractivity contribution in [3.63, 3.8) is 0 Å². The number of hydrogen-bond donors (Lipinski definition) is 3. The average Bonchev–Trinajstić information content (AvgIpc) is 3.07. The number of carbonyl (C=O) groups is 3. The van der Waals surface area contributed by atoms with Crippen LogP contribution in [0.1, 0.15) is 174 Å². The fourth-order valence-electron chi connectivity index (χ4n) is 5.36. The van der Waals surface area contributed by atoms with E-state index < -0.39 is 12.0 Å². The van der Waals surface area contributed by atoms with E-state index in [1.54, 1.807) is 0 Å². The summed E-state index contributed by atoms with van der Waals surface area (Å²) in [7, 11) is 0.